The number of nitrogens with two attached hydrogens (primary N) is 1. The van der Waals surface area contributed by atoms with E-state index in [2.05, 4.69) is 22.3 Å². The molecule has 0 bridgehead atoms. The largest absolute Gasteiger partial charge is 0.477 e. The lowest BCUT2D eigenvalue weighted by Crippen LogP contribution is -2.11. The highest BCUT2D eigenvalue weighted by molar-refractivity contribution is 5.31. The van der Waals surface area contributed by atoms with Crippen molar-refractivity contribution in [1.29, 1.82) is 0 Å². The van der Waals surface area contributed by atoms with Gasteiger partial charge in [-0.05, 0) is 13.3 Å². The van der Waals surface area contributed by atoms with E-state index in [0.717, 1.165) is 12.0 Å². The van der Waals surface area contributed by atoms with E-state index in [4.69, 9.17) is 10.6 Å². The molecule has 1 rings (SSSR count). The number of aryl methyl sites for hydroxylation is 1. The van der Waals surface area contributed by atoms with Crippen molar-refractivity contribution < 1.29 is 4.74 Å². The molecule has 5 heteroatoms. The number of ether oxygens (including phenoxy) is 1. The second-order valence-electron chi connectivity index (χ2n) is 3.38. The number of hydrazine groups is 1. The first-order chi connectivity index (χ1) is 7.27. The Kier molecular flexibility index (Phi) is 4.83. The maximum atomic E-state index is 5.53. The number of hydrogen-bond acceptors (Lipinski definition) is 5. The van der Waals surface area contributed by atoms with Crippen molar-refractivity contribution in [1.82, 2.24) is 9.97 Å². The van der Waals surface area contributed by atoms with Crippen LogP contribution in [0.15, 0.2) is 6.20 Å². The zero-order valence-electron chi connectivity index (χ0n) is 9.29. The highest BCUT2D eigenvalue weighted by Gasteiger charge is 2.03. The molecule has 1 heterocycles. The third kappa shape index (κ3) is 3.71. The molecule has 0 saturated carbocycles. The molecule has 0 spiro atoms. The summed E-state index contributed by atoms with van der Waals surface area (Å²) in [6.07, 6.45) is 5.09. The number of rotatable bonds is 6. The van der Waals surface area contributed by atoms with Gasteiger partial charge in [-0.25, -0.2) is 10.8 Å². The standard InChI is InChI=1S/C10H18N4O/c1-3-4-5-6-15-9-8(2)7-12-10(13-9)14-11/h7H,3-6,11H2,1-2H3,(H,12,13,14). The smallest absolute Gasteiger partial charge is 0.240 e. The maximum Gasteiger partial charge on any atom is 0.240 e. The van der Waals surface area contributed by atoms with Crippen molar-refractivity contribution in [3.63, 3.8) is 0 Å². The molecule has 0 radical (unpaired) electrons. The van der Waals surface area contributed by atoms with E-state index in [1.807, 2.05) is 6.92 Å². The van der Waals surface area contributed by atoms with Crippen LogP contribution in [0.4, 0.5) is 5.95 Å². The van der Waals surface area contributed by atoms with Crippen LogP contribution in [0, 0.1) is 6.92 Å². The van der Waals surface area contributed by atoms with Crippen LogP contribution in [-0.2, 0) is 0 Å². The molecule has 0 fully saturated rings. The second kappa shape index (κ2) is 6.19. The minimum Gasteiger partial charge on any atom is -0.477 e. The Morgan fingerprint density at radius 3 is 2.93 bits per heavy atom. The Bertz CT molecular complexity index is 303. The third-order valence-electron chi connectivity index (χ3n) is 2.04. The first-order valence-corrected chi connectivity index (χ1v) is 5.21. The molecular formula is C10H18N4O. The van der Waals surface area contributed by atoms with E-state index in [1.165, 1.54) is 12.8 Å². The molecule has 3 N–H and O–H groups in total. The minimum absolute atomic E-state index is 0.381. The van der Waals surface area contributed by atoms with Gasteiger partial charge in [0.2, 0.25) is 11.8 Å². The van der Waals surface area contributed by atoms with Gasteiger partial charge in [0.15, 0.2) is 0 Å². The number of aromatic nitrogens is 2. The Hall–Kier alpha value is -1.36. The zero-order valence-corrected chi connectivity index (χ0v) is 9.29. The van der Waals surface area contributed by atoms with Crippen LogP contribution in [0.25, 0.3) is 0 Å². The Morgan fingerprint density at radius 1 is 1.47 bits per heavy atom. The molecule has 0 aliphatic carbocycles. The van der Waals surface area contributed by atoms with Crippen molar-refractivity contribution in [2.45, 2.75) is 33.1 Å². The summed E-state index contributed by atoms with van der Waals surface area (Å²) in [5, 5.41) is 0. The van der Waals surface area contributed by atoms with E-state index >= 15 is 0 Å². The van der Waals surface area contributed by atoms with Crippen LogP contribution in [0.3, 0.4) is 0 Å². The molecule has 0 saturated heterocycles. The fourth-order valence-electron chi connectivity index (χ4n) is 1.16. The van der Waals surface area contributed by atoms with Gasteiger partial charge in [-0.3, -0.25) is 5.43 Å². The van der Waals surface area contributed by atoms with Crippen LogP contribution in [-0.4, -0.2) is 16.6 Å². The average molecular weight is 210 g/mol. The monoisotopic (exact) mass is 210 g/mol. The third-order valence-corrected chi connectivity index (χ3v) is 2.04. The summed E-state index contributed by atoms with van der Waals surface area (Å²) < 4.78 is 5.53. The molecule has 84 valence electrons. The van der Waals surface area contributed by atoms with E-state index in [0.29, 0.717) is 18.4 Å². The summed E-state index contributed by atoms with van der Waals surface area (Å²) in [4.78, 5) is 8.09. The molecule has 0 aromatic carbocycles. The predicted octanol–water partition coefficient (Wildman–Crippen LogP) is 1.64. The Labute approximate surface area is 90.0 Å². The summed E-state index contributed by atoms with van der Waals surface area (Å²) in [5.74, 6) is 6.20. The SMILES string of the molecule is CCCCCOc1nc(NN)ncc1C. The first kappa shape index (κ1) is 11.7. The number of anilines is 1. The topological polar surface area (TPSA) is 73.1 Å². The number of hydrogen-bond donors (Lipinski definition) is 2. The number of nitrogens with one attached hydrogen (secondary N) is 1. The van der Waals surface area contributed by atoms with Gasteiger partial charge in [0.25, 0.3) is 0 Å². The number of unbranched alkanes of at least 4 members (excludes halogenated alkanes) is 2. The van der Waals surface area contributed by atoms with E-state index in [-0.39, 0.29) is 0 Å². The molecule has 15 heavy (non-hydrogen) atoms. The lowest BCUT2D eigenvalue weighted by Gasteiger charge is -2.08. The van der Waals surface area contributed by atoms with Crippen LogP contribution in [0.5, 0.6) is 5.88 Å². The van der Waals surface area contributed by atoms with Crippen molar-refractivity contribution in [3.8, 4) is 5.88 Å². The molecule has 1 aromatic heterocycles. The lowest BCUT2D eigenvalue weighted by molar-refractivity contribution is 0.292. The van der Waals surface area contributed by atoms with Gasteiger partial charge in [0, 0.05) is 11.8 Å². The average Bonchev–Trinajstić information content (AvgIpc) is 2.26. The van der Waals surface area contributed by atoms with Crippen LogP contribution in [0.2, 0.25) is 0 Å². The van der Waals surface area contributed by atoms with Gasteiger partial charge in [-0.2, -0.15) is 4.98 Å². The maximum absolute atomic E-state index is 5.53. The summed E-state index contributed by atoms with van der Waals surface area (Å²) >= 11 is 0. The fraction of sp³-hybridized carbons (Fsp3) is 0.600. The van der Waals surface area contributed by atoms with E-state index in [1.54, 1.807) is 6.20 Å². The molecule has 0 unspecified atom stereocenters. The number of nitrogens with zero attached hydrogens (tertiary/aromatic N) is 2. The van der Waals surface area contributed by atoms with Crippen molar-refractivity contribution in [2.24, 2.45) is 5.84 Å². The highest BCUT2D eigenvalue weighted by atomic mass is 16.5. The van der Waals surface area contributed by atoms with Crippen molar-refractivity contribution in [2.75, 3.05) is 12.0 Å². The molecule has 0 amide bonds. The second-order valence-corrected chi connectivity index (χ2v) is 3.38. The number of nitrogen functional groups attached to an aromatic ring is 1. The summed E-state index contributed by atoms with van der Waals surface area (Å²) in [5.41, 5.74) is 3.32. The predicted molar refractivity (Wildman–Crippen MR) is 59.6 cm³/mol. The van der Waals surface area contributed by atoms with E-state index < -0.39 is 0 Å². The van der Waals surface area contributed by atoms with Gasteiger partial charge in [0.1, 0.15) is 0 Å². The van der Waals surface area contributed by atoms with Gasteiger partial charge < -0.3 is 4.74 Å². The van der Waals surface area contributed by atoms with Crippen LogP contribution in [0.1, 0.15) is 31.7 Å². The molecule has 0 atom stereocenters. The van der Waals surface area contributed by atoms with Gasteiger partial charge in [0.05, 0.1) is 6.61 Å². The van der Waals surface area contributed by atoms with Gasteiger partial charge in [-0.15, -0.1) is 0 Å². The zero-order chi connectivity index (χ0) is 11.1. The van der Waals surface area contributed by atoms with Gasteiger partial charge >= 0.3 is 0 Å². The van der Waals surface area contributed by atoms with E-state index in [9.17, 15) is 0 Å². The van der Waals surface area contributed by atoms with Crippen molar-refractivity contribution >= 4 is 5.95 Å². The Morgan fingerprint density at radius 2 is 2.27 bits per heavy atom. The summed E-state index contributed by atoms with van der Waals surface area (Å²) in [6.45, 7) is 4.76. The fourth-order valence-corrected chi connectivity index (χ4v) is 1.16. The quantitative estimate of drug-likeness (QED) is 0.424. The summed E-state index contributed by atoms with van der Waals surface area (Å²) in [6, 6.07) is 0. The first-order valence-electron chi connectivity index (χ1n) is 5.21. The summed E-state index contributed by atoms with van der Waals surface area (Å²) in [7, 11) is 0. The van der Waals surface area contributed by atoms with Crippen LogP contribution < -0.4 is 16.0 Å². The molecule has 0 aliphatic rings. The minimum atomic E-state index is 0.381. The molecular weight excluding hydrogens is 192 g/mol. The van der Waals surface area contributed by atoms with Crippen molar-refractivity contribution in [3.05, 3.63) is 11.8 Å². The Balaban J connectivity index is 2.51. The normalized spacial score (nSPS) is 10.1. The molecule has 0 aliphatic heterocycles. The highest BCUT2D eigenvalue weighted by Crippen LogP contribution is 2.15. The molecule has 1 aromatic rings. The van der Waals surface area contributed by atoms with Gasteiger partial charge in [-0.1, -0.05) is 19.8 Å². The molecule has 5 nitrogen and oxygen atoms in total. The van der Waals surface area contributed by atoms with Crippen LogP contribution >= 0.6 is 0 Å². The lowest BCUT2D eigenvalue weighted by atomic mass is 10.3.